The minimum atomic E-state index is -0.447. The minimum absolute atomic E-state index is 0.186. The zero-order chi connectivity index (χ0) is 16.4. The average molecular weight is 314 g/mol. The van der Waals surface area contributed by atoms with Gasteiger partial charge >= 0.3 is 0 Å². The lowest BCUT2D eigenvalue weighted by Gasteiger charge is -2.11. The standard InChI is InChI=1S/C17H15FN2O3/c1-21-14-5-4-10(6-12(14)18)17-11-7-15(22-2)16(23-3)8-13(11)19-9-20-17/h4-9H,1-3H3. The fourth-order valence-corrected chi connectivity index (χ4v) is 2.43. The molecule has 23 heavy (non-hydrogen) atoms. The molecule has 0 bridgehead atoms. The molecule has 0 aliphatic carbocycles. The highest BCUT2D eigenvalue weighted by atomic mass is 19.1. The zero-order valence-corrected chi connectivity index (χ0v) is 13.0. The van der Waals surface area contributed by atoms with E-state index in [0.717, 1.165) is 5.39 Å². The Balaban J connectivity index is 2.23. The highest BCUT2D eigenvalue weighted by Gasteiger charge is 2.13. The maximum Gasteiger partial charge on any atom is 0.165 e. The quantitative estimate of drug-likeness (QED) is 0.738. The maximum atomic E-state index is 14.0. The van der Waals surface area contributed by atoms with Gasteiger partial charge in [-0.3, -0.25) is 0 Å². The monoisotopic (exact) mass is 314 g/mol. The normalized spacial score (nSPS) is 10.6. The van der Waals surface area contributed by atoms with Crippen molar-refractivity contribution >= 4 is 10.9 Å². The Labute approximate surface area is 132 Å². The first-order chi connectivity index (χ1) is 11.2. The molecule has 0 aliphatic rings. The van der Waals surface area contributed by atoms with Gasteiger partial charge in [-0.1, -0.05) is 0 Å². The van der Waals surface area contributed by atoms with Gasteiger partial charge in [-0.2, -0.15) is 0 Å². The Hall–Kier alpha value is -2.89. The molecule has 0 radical (unpaired) electrons. The van der Waals surface area contributed by atoms with E-state index in [2.05, 4.69) is 9.97 Å². The van der Waals surface area contributed by atoms with Crippen molar-refractivity contribution < 1.29 is 18.6 Å². The molecule has 6 heteroatoms. The first-order valence-corrected chi connectivity index (χ1v) is 6.88. The van der Waals surface area contributed by atoms with Crippen molar-refractivity contribution in [3.05, 3.63) is 42.5 Å². The van der Waals surface area contributed by atoms with Gasteiger partial charge in [0.1, 0.15) is 6.33 Å². The van der Waals surface area contributed by atoms with Crippen LogP contribution in [0.4, 0.5) is 4.39 Å². The topological polar surface area (TPSA) is 53.5 Å². The molecule has 0 spiro atoms. The largest absolute Gasteiger partial charge is 0.494 e. The van der Waals surface area contributed by atoms with Crippen LogP contribution in [0.1, 0.15) is 0 Å². The summed E-state index contributed by atoms with van der Waals surface area (Å²) in [5.74, 6) is 0.874. The third kappa shape index (κ3) is 2.63. The minimum Gasteiger partial charge on any atom is -0.494 e. The Morgan fingerprint density at radius 2 is 1.52 bits per heavy atom. The van der Waals surface area contributed by atoms with E-state index >= 15 is 0 Å². The van der Waals surface area contributed by atoms with E-state index in [9.17, 15) is 4.39 Å². The van der Waals surface area contributed by atoms with Crippen LogP contribution in [0.5, 0.6) is 17.2 Å². The molecule has 0 unspecified atom stereocenters. The molecule has 118 valence electrons. The van der Waals surface area contributed by atoms with Crippen LogP contribution < -0.4 is 14.2 Å². The van der Waals surface area contributed by atoms with E-state index in [1.807, 2.05) is 0 Å². The summed E-state index contributed by atoms with van der Waals surface area (Å²) in [6, 6.07) is 8.25. The van der Waals surface area contributed by atoms with Crippen molar-refractivity contribution in [3.63, 3.8) is 0 Å². The molecule has 3 aromatic rings. The van der Waals surface area contributed by atoms with E-state index in [1.54, 1.807) is 38.5 Å². The number of hydrogen-bond donors (Lipinski definition) is 0. The van der Waals surface area contributed by atoms with Crippen LogP contribution in [0.15, 0.2) is 36.7 Å². The molecular weight excluding hydrogens is 299 g/mol. The van der Waals surface area contributed by atoms with E-state index in [-0.39, 0.29) is 5.75 Å². The fraction of sp³-hybridized carbons (Fsp3) is 0.176. The predicted octanol–water partition coefficient (Wildman–Crippen LogP) is 3.46. The van der Waals surface area contributed by atoms with Gasteiger partial charge in [0, 0.05) is 17.0 Å². The van der Waals surface area contributed by atoms with Crippen LogP contribution in [0.2, 0.25) is 0 Å². The first-order valence-electron chi connectivity index (χ1n) is 6.88. The Kier molecular flexibility index (Phi) is 3.97. The predicted molar refractivity (Wildman–Crippen MR) is 84.6 cm³/mol. The number of rotatable bonds is 4. The molecule has 0 atom stereocenters. The summed E-state index contributed by atoms with van der Waals surface area (Å²) >= 11 is 0. The number of methoxy groups -OCH3 is 3. The molecule has 0 fully saturated rings. The lowest BCUT2D eigenvalue weighted by molar-refractivity contribution is 0.356. The van der Waals surface area contributed by atoms with E-state index in [4.69, 9.17) is 14.2 Å². The van der Waals surface area contributed by atoms with Gasteiger partial charge in [0.25, 0.3) is 0 Å². The second kappa shape index (κ2) is 6.08. The van der Waals surface area contributed by atoms with E-state index in [1.165, 1.54) is 19.5 Å². The molecule has 1 heterocycles. The van der Waals surface area contributed by atoms with Crippen molar-refractivity contribution in [1.29, 1.82) is 0 Å². The van der Waals surface area contributed by atoms with Gasteiger partial charge in [-0.15, -0.1) is 0 Å². The summed E-state index contributed by atoms with van der Waals surface area (Å²) in [7, 11) is 4.54. The number of benzene rings is 2. The lowest BCUT2D eigenvalue weighted by atomic mass is 10.1. The van der Waals surface area contributed by atoms with Crippen LogP contribution >= 0.6 is 0 Å². The summed E-state index contributed by atoms with van der Waals surface area (Å²) in [5.41, 5.74) is 1.92. The average Bonchev–Trinajstić information content (AvgIpc) is 2.59. The molecule has 0 saturated heterocycles. The van der Waals surface area contributed by atoms with Gasteiger partial charge in [-0.05, 0) is 24.3 Å². The van der Waals surface area contributed by atoms with Gasteiger partial charge in [0.05, 0.1) is 32.5 Å². The van der Waals surface area contributed by atoms with Gasteiger partial charge in [-0.25, -0.2) is 14.4 Å². The number of fused-ring (bicyclic) bond motifs is 1. The smallest absolute Gasteiger partial charge is 0.165 e. The third-order valence-electron chi connectivity index (χ3n) is 3.57. The molecule has 0 aliphatic heterocycles. The maximum absolute atomic E-state index is 14.0. The second-order valence-corrected chi connectivity index (χ2v) is 4.80. The van der Waals surface area contributed by atoms with Crippen LogP contribution in [0.25, 0.3) is 22.2 Å². The van der Waals surface area contributed by atoms with Crippen molar-refractivity contribution in [1.82, 2.24) is 9.97 Å². The van der Waals surface area contributed by atoms with Crippen molar-refractivity contribution in [3.8, 4) is 28.5 Å². The highest BCUT2D eigenvalue weighted by molar-refractivity contribution is 5.94. The number of hydrogen-bond acceptors (Lipinski definition) is 5. The SMILES string of the molecule is COc1ccc(-c2ncnc3cc(OC)c(OC)cc23)cc1F. The summed E-state index contributed by atoms with van der Waals surface area (Å²) in [5, 5.41) is 0.745. The first kappa shape index (κ1) is 15.0. The zero-order valence-electron chi connectivity index (χ0n) is 13.0. The number of halogens is 1. The summed E-state index contributed by atoms with van der Waals surface area (Å²) in [6.45, 7) is 0. The van der Waals surface area contributed by atoms with E-state index < -0.39 is 5.82 Å². The summed E-state index contributed by atoms with van der Waals surface area (Å²) < 4.78 is 29.5. The molecule has 0 N–H and O–H groups in total. The molecular formula is C17H15FN2O3. The summed E-state index contributed by atoms with van der Waals surface area (Å²) in [6.07, 6.45) is 1.44. The Morgan fingerprint density at radius 1 is 0.826 bits per heavy atom. The van der Waals surface area contributed by atoms with Gasteiger partial charge in [0.15, 0.2) is 23.1 Å². The number of nitrogens with zero attached hydrogens (tertiary/aromatic N) is 2. The van der Waals surface area contributed by atoms with Gasteiger partial charge in [0.2, 0.25) is 0 Å². The number of aromatic nitrogens is 2. The molecule has 5 nitrogen and oxygen atoms in total. The van der Waals surface area contributed by atoms with Crippen molar-refractivity contribution in [2.24, 2.45) is 0 Å². The lowest BCUT2D eigenvalue weighted by Crippen LogP contribution is -1.95. The van der Waals surface area contributed by atoms with Crippen LogP contribution in [-0.4, -0.2) is 31.3 Å². The molecule has 1 aromatic heterocycles. The number of ether oxygens (including phenoxy) is 3. The highest BCUT2D eigenvalue weighted by Crippen LogP contribution is 2.35. The third-order valence-corrected chi connectivity index (χ3v) is 3.57. The van der Waals surface area contributed by atoms with Crippen LogP contribution in [0, 0.1) is 5.82 Å². The van der Waals surface area contributed by atoms with Crippen LogP contribution in [-0.2, 0) is 0 Å². The second-order valence-electron chi connectivity index (χ2n) is 4.80. The fourth-order valence-electron chi connectivity index (χ4n) is 2.43. The molecule has 2 aromatic carbocycles. The van der Waals surface area contributed by atoms with Crippen LogP contribution in [0.3, 0.4) is 0 Å². The van der Waals surface area contributed by atoms with Crippen molar-refractivity contribution in [2.75, 3.05) is 21.3 Å². The Bertz CT molecular complexity index is 868. The molecule has 0 saturated carbocycles. The van der Waals surface area contributed by atoms with E-state index in [0.29, 0.717) is 28.3 Å². The van der Waals surface area contributed by atoms with Crippen molar-refractivity contribution in [2.45, 2.75) is 0 Å². The molecule has 3 rings (SSSR count). The van der Waals surface area contributed by atoms with Gasteiger partial charge < -0.3 is 14.2 Å². The molecule has 0 amide bonds. The Morgan fingerprint density at radius 3 is 2.17 bits per heavy atom. The summed E-state index contributed by atoms with van der Waals surface area (Å²) in [4.78, 5) is 8.53.